The van der Waals surface area contributed by atoms with Gasteiger partial charge in [0.05, 0.1) is 31.3 Å². The molecule has 0 aromatic carbocycles. The Bertz CT molecular complexity index is 901. The highest BCUT2D eigenvalue weighted by Crippen LogP contribution is 2.17. The van der Waals surface area contributed by atoms with Crippen LogP contribution in [0, 0.1) is 0 Å². The maximum Gasteiger partial charge on any atom is 0.222 e. The number of aliphatic hydroxyl groups excluding tert-OH is 3. The van der Waals surface area contributed by atoms with Gasteiger partial charge in [0.2, 0.25) is 5.91 Å². The van der Waals surface area contributed by atoms with Gasteiger partial charge in [0, 0.05) is 0 Å². The molecule has 5 nitrogen and oxygen atoms in total. The first-order valence-electron chi connectivity index (χ1n) is 25.8. The molecule has 3 unspecified atom stereocenters. The first kappa shape index (κ1) is 56.6. The van der Waals surface area contributed by atoms with Crippen molar-refractivity contribution in [3.8, 4) is 0 Å². The normalized spacial score (nSPS) is 13.7. The van der Waals surface area contributed by atoms with Crippen LogP contribution >= 0.6 is 0 Å². The van der Waals surface area contributed by atoms with Gasteiger partial charge in [0.1, 0.15) is 0 Å². The summed E-state index contributed by atoms with van der Waals surface area (Å²) in [4.78, 5) is 12.5. The molecule has 1 amide bonds. The minimum atomic E-state index is -0.958. The maximum atomic E-state index is 12.5. The monoisotopic (exact) mass is 816 g/mol. The van der Waals surface area contributed by atoms with Crippen molar-refractivity contribution < 1.29 is 20.1 Å². The predicted molar refractivity (Wildman–Crippen MR) is 254 cm³/mol. The molecule has 342 valence electrons. The number of rotatable bonds is 47. The molecule has 0 saturated heterocycles. The van der Waals surface area contributed by atoms with Gasteiger partial charge in [-0.05, 0) is 44.9 Å². The maximum absolute atomic E-state index is 12.5. The summed E-state index contributed by atoms with van der Waals surface area (Å²) in [5.74, 6) is -0.326. The molecule has 0 rings (SSSR count). The van der Waals surface area contributed by atoms with Crippen molar-refractivity contribution in [2.24, 2.45) is 0 Å². The Balaban J connectivity index is 3.56. The number of allylic oxidation sites excluding steroid dienone is 5. The second-order valence-corrected chi connectivity index (χ2v) is 17.8. The lowest BCUT2D eigenvalue weighted by atomic mass is 10.0. The minimum absolute atomic E-state index is 0.00534. The highest BCUT2D eigenvalue weighted by Gasteiger charge is 2.20. The lowest BCUT2D eigenvalue weighted by molar-refractivity contribution is -0.124. The smallest absolute Gasteiger partial charge is 0.222 e. The standard InChI is InChI=1S/C53H101NO4/c1-3-5-7-9-11-13-15-17-19-20-21-22-23-24-25-26-27-28-29-30-31-33-34-36-38-40-42-44-46-50(56)48-53(58)54-51(49-55)52(57)47-45-43-41-39-37-35-32-18-16-14-12-10-8-6-4-2/h16,18,37,39,45,47,50-52,55-57H,3-15,17,19-36,38,40-44,46,48-49H2,1-2H3,(H,54,58)/b18-16+,39-37+,47-45+. The zero-order valence-electron chi connectivity index (χ0n) is 38.9. The minimum Gasteiger partial charge on any atom is -0.394 e. The topological polar surface area (TPSA) is 89.8 Å². The third kappa shape index (κ3) is 44.1. The summed E-state index contributed by atoms with van der Waals surface area (Å²) in [6.07, 6.45) is 61.8. The van der Waals surface area contributed by atoms with E-state index < -0.39 is 18.2 Å². The van der Waals surface area contributed by atoms with E-state index in [0.717, 1.165) is 38.5 Å². The van der Waals surface area contributed by atoms with Crippen LogP contribution < -0.4 is 5.32 Å². The van der Waals surface area contributed by atoms with E-state index in [1.165, 1.54) is 205 Å². The van der Waals surface area contributed by atoms with Crippen molar-refractivity contribution >= 4 is 5.91 Å². The largest absolute Gasteiger partial charge is 0.394 e. The van der Waals surface area contributed by atoms with E-state index in [9.17, 15) is 20.1 Å². The van der Waals surface area contributed by atoms with Gasteiger partial charge in [-0.3, -0.25) is 4.79 Å². The van der Waals surface area contributed by atoms with Crippen molar-refractivity contribution in [3.63, 3.8) is 0 Å². The Labute approximate surface area is 362 Å². The third-order valence-electron chi connectivity index (χ3n) is 11.9. The Hall–Kier alpha value is -1.43. The van der Waals surface area contributed by atoms with Gasteiger partial charge < -0.3 is 20.6 Å². The summed E-state index contributed by atoms with van der Waals surface area (Å²) in [7, 11) is 0. The van der Waals surface area contributed by atoms with Gasteiger partial charge in [-0.25, -0.2) is 0 Å². The van der Waals surface area contributed by atoms with E-state index in [1.54, 1.807) is 6.08 Å². The molecule has 0 aliphatic carbocycles. The molecule has 0 spiro atoms. The lowest BCUT2D eigenvalue weighted by Gasteiger charge is -2.21. The van der Waals surface area contributed by atoms with Crippen LogP contribution in [0.3, 0.4) is 0 Å². The average molecular weight is 816 g/mol. The molecule has 0 heterocycles. The molecular weight excluding hydrogens is 715 g/mol. The number of carbonyl (C=O) groups is 1. The van der Waals surface area contributed by atoms with Gasteiger partial charge >= 0.3 is 0 Å². The molecule has 0 aromatic heterocycles. The Morgan fingerprint density at radius 2 is 0.741 bits per heavy atom. The summed E-state index contributed by atoms with van der Waals surface area (Å²) in [5.41, 5.74) is 0. The fourth-order valence-corrected chi connectivity index (χ4v) is 7.96. The van der Waals surface area contributed by atoms with Gasteiger partial charge in [-0.15, -0.1) is 0 Å². The van der Waals surface area contributed by atoms with Gasteiger partial charge in [-0.1, -0.05) is 256 Å². The Kier molecular flexibility index (Phi) is 47.0. The van der Waals surface area contributed by atoms with Gasteiger partial charge in [-0.2, -0.15) is 0 Å². The number of carbonyl (C=O) groups excluding carboxylic acids is 1. The third-order valence-corrected chi connectivity index (χ3v) is 11.9. The number of amides is 1. The van der Waals surface area contributed by atoms with Crippen LogP contribution in [-0.2, 0) is 4.79 Å². The highest BCUT2D eigenvalue weighted by molar-refractivity contribution is 5.76. The first-order valence-corrected chi connectivity index (χ1v) is 25.8. The molecule has 5 heteroatoms. The van der Waals surface area contributed by atoms with Crippen molar-refractivity contribution in [2.45, 2.75) is 289 Å². The van der Waals surface area contributed by atoms with E-state index >= 15 is 0 Å². The molecule has 0 aromatic rings. The number of hydrogen-bond donors (Lipinski definition) is 4. The van der Waals surface area contributed by atoms with Crippen molar-refractivity contribution in [1.82, 2.24) is 5.32 Å². The molecule has 0 aliphatic heterocycles. The molecule has 0 fully saturated rings. The second kappa shape index (κ2) is 48.2. The Morgan fingerprint density at radius 1 is 0.431 bits per heavy atom. The molecular formula is C53H101NO4. The van der Waals surface area contributed by atoms with Crippen LogP contribution in [0.2, 0.25) is 0 Å². The van der Waals surface area contributed by atoms with E-state index in [1.807, 2.05) is 6.08 Å². The quantitative estimate of drug-likeness (QED) is 0.0364. The predicted octanol–water partition coefficient (Wildman–Crippen LogP) is 15.5. The fourth-order valence-electron chi connectivity index (χ4n) is 7.96. The molecule has 3 atom stereocenters. The van der Waals surface area contributed by atoms with Crippen LogP contribution in [0.5, 0.6) is 0 Å². The summed E-state index contributed by atoms with van der Waals surface area (Å²) < 4.78 is 0. The highest BCUT2D eigenvalue weighted by atomic mass is 16.3. The van der Waals surface area contributed by atoms with Crippen LogP contribution in [0.25, 0.3) is 0 Å². The van der Waals surface area contributed by atoms with Crippen LogP contribution in [0.15, 0.2) is 36.5 Å². The molecule has 0 bridgehead atoms. The average Bonchev–Trinajstić information content (AvgIpc) is 3.22. The summed E-state index contributed by atoms with van der Waals surface area (Å²) >= 11 is 0. The van der Waals surface area contributed by atoms with Gasteiger partial charge in [0.25, 0.3) is 0 Å². The van der Waals surface area contributed by atoms with Gasteiger partial charge in [0.15, 0.2) is 0 Å². The van der Waals surface area contributed by atoms with Crippen LogP contribution in [-0.4, -0.2) is 46.1 Å². The molecule has 58 heavy (non-hydrogen) atoms. The number of unbranched alkanes of at least 4 members (excludes halogenated alkanes) is 34. The molecule has 4 N–H and O–H groups in total. The lowest BCUT2D eigenvalue weighted by Crippen LogP contribution is -2.45. The number of hydrogen-bond acceptors (Lipinski definition) is 4. The summed E-state index contributed by atoms with van der Waals surface area (Å²) in [5, 5.41) is 33.3. The molecule has 0 aliphatic rings. The molecule has 0 radical (unpaired) electrons. The number of aliphatic hydroxyl groups is 3. The van der Waals surface area contributed by atoms with Crippen LogP contribution in [0.4, 0.5) is 0 Å². The summed E-state index contributed by atoms with van der Waals surface area (Å²) in [6.45, 7) is 4.20. The van der Waals surface area contributed by atoms with Crippen molar-refractivity contribution in [1.29, 1.82) is 0 Å². The SMILES string of the molecule is CCCCCCC/C=C/CC/C=C/CC/C=C/C(O)C(CO)NC(=O)CC(O)CCCCCCCCCCCCCCCCCCCCCCCCCCCCCC. The number of nitrogens with one attached hydrogen (secondary N) is 1. The zero-order valence-corrected chi connectivity index (χ0v) is 38.9. The van der Waals surface area contributed by atoms with E-state index in [-0.39, 0.29) is 18.9 Å². The zero-order chi connectivity index (χ0) is 42.3. The van der Waals surface area contributed by atoms with Crippen molar-refractivity contribution in [2.75, 3.05) is 6.61 Å². The first-order chi connectivity index (χ1) is 28.5. The van der Waals surface area contributed by atoms with E-state index in [4.69, 9.17) is 0 Å². The summed E-state index contributed by atoms with van der Waals surface area (Å²) in [6, 6.07) is -0.765. The Morgan fingerprint density at radius 3 is 1.10 bits per heavy atom. The fraction of sp³-hybridized carbons (Fsp3) is 0.868. The molecule has 0 saturated carbocycles. The second-order valence-electron chi connectivity index (χ2n) is 17.8. The van der Waals surface area contributed by atoms with Crippen molar-refractivity contribution in [3.05, 3.63) is 36.5 Å². The van der Waals surface area contributed by atoms with Crippen LogP contribution in [0.1, 0.15) is 271 Å². The van der Waals surface area contributed by atoms with E-state index in [2.05, 4.69) is 43.5 Å². The van der Waals surface area contributed by atoms with E-state index in [0.29, 0.717) is 6.42 Å².